The van der Waals surface area contributed by atoms with Crippen LogP contribution in [0.5, 0.6) is 0 Å². The van der Waals surface area contributed by atoms with E-state index < -0.39 is 0 Å². The summed E-state index contributed by atoms with van der Waals surface area (Å²) in [5.74, 6) is 0.829. The minimum Gasteiger partial charge on any atom is -0.378 e. The van der Waals surface area contributed by atoms with E-state index in [-0.39, 0.29) is 17.6 Å². The van der Waals surface area contributed by atoms with E-state index in [0.717, 1.165) is 32.0 Å². The highest BCUT2D eigenvalue weighted by Crippen LogP contribution is 2.36. The smallest absolute Gasteiger partial charge is 0.254 e. The van der Waals surface area contributed by atoms with E-state index >= 15 is 0 Å². The van der Waals surface area contributed by atoms with Crippen molar-refractivity contribution in [1.29, 1.82) is 0 Å². The second-order valence-electron chi connectivity index (χ2n) is 7.53. The molecule has 2 saturated heterocycles. The first-order valence-electron chi connectivity index (χ1n) is 9.19. The summed E-state index contributed by atoms with van der Waals surface area (Å²) >= 11 is 0. The normalized spacial score (nSPS) is 26.5. The average molecular weight is 330 g/mol. The zero-order chi connectivity index (χ0) is 16.4. The molecule has 5 nitrogen and oxygen atoms in total. The van der Waals surface area contributed by atoms with Crippen LogP contribution in [0.2, 0.25) is 0 Å². The van der Waals surface area contributed by atoms with Gasteiger partial charge in [0.1, 0.15) is 5.60 Å². The number of hydrogen-bond acceptors (Lipinski definition) is 4. The topological polar surface area (TPSA) is 51.7 Å². The van der Waals surface area contributed by atoms with Crippen molar-refractivity contribution in [3.05, 3.63) is 30.1 Å². The van der Waals surface area contributed by atoms with Crippen LogP contribution in [-0.2, 0) is 9.47 Å². The van der Waals surface area contributed by atoms with Gasteiger partial charge in [0.15, 0.2) is 0 Å². The third-order valence-corrected chi connectivity index (χ3v) is 5.66. The number of rotatable bonds is 4. The van der Waals surface area contributed by atoms with E-state index in [1.165, 1.54) is 25.7 Å². The highest BCUT2D eigenvalue weighted by Gasteiger charge is 2.49. The van der Waals surface area contributed by atoms with Gasteiger partial charge in [-0.3, -0.25) is 9.78 Å². The monoisotopic (exact) mass is 330 g/mol. The van der Waals surface area contributed by atoms with Crippen LogP contribution in [0.4, 0.5) is 0 Å². The molecule has 0 radical (unpaired) electrons. The molecule has 2 aliphatic heterocycles. The van der Waals surface area contributed by atoms with Gasteiger partial charge in [-0.1, -0.05) is 12.8 Å². The standard InChI is InChI=1S/C19H26N2O3/c22-18(16-5-8-20-9-6-16)21-13-19(14-21)11-17(7-10-24-19)23-12-15-3-1-2-4-15/h5-6,8-9,15,17H,1-4,7,10-14H2/t17-/m0/s1. The van der Waals surface area contributed by atoms with Crippen molar-refractivity contribution in [3.8, 4) is 0 Å². The summed E-state index contributed by atoms with van der Waals surface area (Å²) in [6, 6.07) is 3.53. The van der Waals surface area contributed by atoms with Crippen molar-refractivity contribution in [2.75, 3.05) is 26.3 Å². The number of pyridine rings is 1. The third kappa shape index (κ3) is 3.33. The van der Waals surface area contributed by atoms with Crippen LogP contribution in [0.3, 0.4) is 0 Å². The number of nitrogens with zero attached hydrogens (tertiary/aromatic N) is 2. The molecule has 0 unspecified atom stereocenters. The molecular formula is C19H26N2O3. The Labute approximate surface area is 143 Å². The molecule has 1 aromatic rings. The fourth-order valence-electron chi connectivity index (χ4n) is 4.26. The number of ether oxygens (including phenoxy) is 2. The first kappa shape index (κ1) is 16.0. The second-order valence-corrected chi connectivity index (χ2v) is 7.53. The van der Waals surface area contributed by atoms with Crippen molar-refractivity contribution < 1.29 is 14.3 Å². The summed E-state index contributed by atoms with van der Waals surface area (Å²) in [6.45, 7) is 3.00. The minimum absolute atomic E-state index is 0.0700. The molecule has 3 heterocycles. The molecule has 5 heteroatoms. The Morgan fingerprint density at radius 2 is 2.00 bits per heavy atom. The van der Waals surface area contributed by atoms with Crippen LogP contribution in [0.1, 0.15) is 48.9 Å². The number of likely N-dealkylation sites (tertiary alicyclic amines) is 1. The molecule has 0 bridgehead atoms. The predicted molar refractivity (Wildman–Crippen MR) is 89.8 cm³/mol. The van der Waals surface area contributed by atoms with E-state index in [4.69, 9.17) is 9.47 Å². The minimum atomic E-state index is -0.179. The number of amides is 1. The Bertz CT molecular complexity index is 565. The molecule has 4 rings (SSSR count). The largest absolute Gasteiger partial charge is 0.378 e. The fourth-order valence-corrected chi connectivity index (χ4v) is 4.26. The van der Waals surface area contributed by atoms with Gasteiger partial charge in [-0.2, -0.15) is 0 Å². The zero-order valence-electron chi connectivity index (χ0n) is 14.2. The van der Waals surface area contributed by atoms with E-state index in [0.29, 0.717) is 18.7 Å². The molecule has 0 N–H and O–H groups in total. The maximum absolute atomic E-state index is 12.4. The molecular weight excluding hydrogens is 304 g/mol. The summed E-state index contributed by atoms with van der Waals surface area (Å²) in [4.78, 5) is 18.3. The lowest BCUT2D eigenvalue weighted by atomic mass is 9.84. The van der Waals surface area contributed by atoms with Gasteiger partial charge in [0.25, 0.3) is 5.91 Å². The van der Waals surface area contributed by atoms with Crippen molar-refractivity contribution in [2.24, 2.45) is 5.92 Å². The van der Waals surface area contributed by atoms with Crippen LogP contribution >= 0.6 is 0 Å². The van der Waals surface area contributed by atoms with E-state index in [2.05, 4.69) is 4.98 Å². The summed E-state index contributed by atoms with van der Waals surface area (Å²) in [5, 5.41) is 0. The second kappa shape index (κ2) is 6.81. The summed E-state index contributed by atoms with van der Waals surface area (Å²) in [7, 11) is 0. The highest BCUT2D eigenvalue weighted by atomic mass is 16.5. The highest BCUT2D eigenvalue weighted by molar-refractivity contribution is 5.94. The summed E-state index contributed by atoms with van der Waals surface area (Å²) in [6.07, 6.45) is 10.9. The van der Waals surface area contributed by atoms with Crippen molar-refractivity contribution in [1.82, 2.24) is 9.88 Å². The van der Waals surface area contributed by atoms with Gasteiger partial charge >= 0.3 is 0 Å². The molecule has 1 amide bonds. The Hall–Kier alpha value is -1.46. The van der Waals surface area contributed by atoms with Crippen LogP contribution < -0.4 is 0 Å². The van der Waals surface area contributed by atoms with Gasteiger partial charge in [0.05, 0.1) is 19.2 Å². The lowest BCUT2D eigenvalue weighted by Gasteiger charge is -2.53. The number of carbonyl (C=O) groups is 1. The van der Waals surface area contributed by atoms with Crippen LogP contribution in [0.15, 0.2) is 24.5 Å². The molecule has 130 valence electrons. The summed E-state index contributed by atoms with van der Waals surface area (Å²) < 4.78 is 12.2. The molecule has 1 aromatic heterocycles. The van der Waals surface area contributed by atoms with Crippen molar-refractivity contribution in [3.63, 3.8) is 0 Å². The van der Waals surface area contributed by atoms with Crippen LogP contribution in [0.25, 0.3) is 0 Å². The lowest BCUT2D eigenvalue weighted by Crippen LogP contribution is -2.67. The number of aromatic nitrogens is 1. The van der Waals surface area contributed by atoms with Crippen molar-refractivity contribution in [2.45, 2.75) is 50.2 Å². The molecule has 3 aliphatic rings. The molecule has 0 aromatic carbocycles. The van der Waals surface area contributed by atoms with Gasteiger partial charge < -0.3 is 14.4 Å². The Balaban J connectivity index is 1.28. The maximum Gasteiger partial charge on any atom is 0.254 e. The van der Waals surface area contributed by atoms with Crippen LogP contribution in [0, 0.1) is 5.92 Å². The molecule has 1 spiro atoms. The van der Waals surface area contributed by atoms with Gasteiger partial charge in [-0.05, 0) is 37.3 Å². The Morgan fingerprint density at radius 1 is 1.25 bits per heavy atom. The predicted octanol–water partition coefficient (Wildman–Crippen LogP) is 2.66. The average Bonchev–Trinajstić information content (AvgIpc) is 3.12. The Kier molecular flexibility index (Phi) is 4.55. The quantitative estimate of drug-likeness (QED) is 0.852. The fraction of sp³-hybridized carbons (Fsp3) is 0.684. The zero-order valence-corrected chi connectivity index (χ0v) is 14.2. The van der Waals surface area contributed by atoms with E-state index in [1.54, 1.807) is 24.5 Å². The van der Waals surface area contributed by atoms with Crippen LogP contribution in [-0.4, -0.2) is 53.8 Å². The molecule has 1 atom stereocenters. The molecule has 3 fully saturated rings. The maximum atomic E-state index is 12.4. The first-order chi connectivity index (χ1) is 11.7. The molecule has 1 saturated carbocycles. The lowest BCUT2D eigenvalue weighted by molar-refractivity contribution is -0.187. The summed E-state index contributed by atoms with van der Waals surface area (Å²) in [5.41, 5.74) is 0.520. The number of carbonyl (C=O) groups excluding carboxylic acids is 1. The third-order valence-electron chi connectivity index (χ3n) is 5.66. The Morgan fingerprint density at radius 3 is 2.75 bits per heavy atom. The molecule has 24 heavy (non-hydrogen) atoms. The van der Waals surface area contributed by atoms with Gasteiger partial charge in [-0.25, -0.2) is 0 Å². The number of hydrogen-bond donors (Lipinski definition) is 0. The van der Waals surface area contributed by atoms with Gasteiger partial charge in [0.2, 0.25) is 0 Å². The van der Waals surface area contributed by atoms with E-state index in [1.807, 2.05) is 4.90 Å². The SMILES string of the molecule is O=C(c1ccncc1)N1CC2(C[C@@H](OCC3CCCC3)CCO2)C1. The van der Waals surface area contributed by atoms with E-state index in [9.17, 15) is 4.79 Å². The first-order valence-corrected chi connectivity index (χ1v) is 9.19. The van der Waals surface area contributed by atoms with Crippen molar-refractivity contribution >= 4 is 5.91 Å². The molecule has 1 aliphatic carbocycles. The van der Waals surface area contributed by atoms with Gasteiger partial charge in [-0.15, -0.1) is 0 Å². The van der Waals surface area contributed by atoms with Gasteiger partial charge in [0, 0.05) is 37.6 Å².